The maximum atomic E-state index is 11.0. The van der Waals surface area contributed by atoms with Crippen molar-refractivity contribution in [3.63, 3.8) is 0 Å². The molecule has 0 radical (unpaired) electrons. The number of hydrogen-bond acceptors (Lipinski definition) is 4. The Kier molecular flexibility index (Phi) is 3.29. The van der Waals surface area contributed by atoms with Crippen LogP contribution >= 0.6 is 0 Å². The van der Waals surface area contributed by atoms with Crippen LogP contribution in [0.25, 0.3) is 10.9 Å². The van der Waals surface area contributed by atoms with Crippen molar-refractivity contribution in [2.45, 2.75) is 61.7 Å². The van der Waals surface area contributed by atoms with Gasteiger partial charge in [0.1, 0.15) is 5.60 Å². The number of methoxy groups -OCH3 is 1. The van der Waals surface area contributed by atoms with Crippen LogP contribution < -0.4 is 4.74 Å². The van der Waals surface area contributed by atoms with Crippen molar-refractivity contribution in [1.29, 1.82) is 0 Å². The molecule has 2 aromatic carbocycles. The van der Waals surface area contributed by atoms with Crippen LogP contribution in [0.4, 0.5) is 0 Å². The van der Waals surface area contributed by atoms with Crippen LogP contribution in [0.5, 0.6) is 11.5 Å². The molecule has 0 amide bonds. The summed E-state index contributed by atoms with van der Waals surface area (Å²) in [6.07, 6.45) is 5.50. The maximum Gasteiger partial charge on any atom is 0.166 e. The van der Waals surface area contributed by atoms with Gasteiger partial charge in [-0.3, -0.25) is 4.90 Å². The molecule has 170 valence electrons. The van der Waals surface area contributed by atoms with E-state index in [0.717, 1.165) is 42.9 Å². The maximum absolute atomic E-state index is 11.0. The smallest absolute Gasteiger partial charge is 0.166 e. The van der Waals surface area contributed by atoms with Gasteiger partial charge in [-0.2, -0.15) is 0 Å². The van der Waals surface area contributed by atoms with E-state index < -0.39 is 11.2 Å². The molecule has 1 unspecified atom stereocenters. The summed E-state index contributed by atoms with van der Waals surface area (Å²) in [6, 6.07) is 12.9. The quantitative estimate of drug-likeness (QED) is 0.631. The summed E-state index contributed by atoms with van der Waals surface area (Å²) in [6.45, 7) is 4.47. The van der Waals surface area contributed by atoms with E-state index in [1.807, 2.05) is 13.2 Å². The third-order valence-electron chi connectivity index (χ3n) is 9.94. The van der Waals surface area contributed by atoms with Crippen molar-refractivity contribution < 1.29 is 14.6 Å². The Labute approximate surface area is 193 Å². The monoisotopic (exact) mass is 442 g/mol. The molecule has 1 saturated carbocycles. The molecule has 1 saturated heterocycles. The molecule has 1 spiro atoms. The summed E-state index contributed by atoms with van der Waals surface area (Å²) in [5, 5.41) is 12.2. The standard InChI is InChI=1S/C28H30N2O3/c1-26-25-19(18-5-3-4-6-20(18)29-25)14-28(32-2)22-13-17-9-10-21(31)24(33-26)23(17)27(26,28)11-12-30(22)15-16-7-8-16/h3-6,9-10,16,22,29,31H,7-8,11-15H2,1-2H3/t22-,26?,27+,28-/m1/s1. The fourth-order valence-corrected chi connectivity index (χ4v) is 8.44. The highest BCUT2D eigenvalue weighted by atomic mass is 16.5. The number of para-hydroxylation sites is 1. The van der Waals surface area contributed by atoms with E-state index in [2.05, 4.69) is 47.1 Å². The first kappa shape index (κ1) is 18.9. The van der Waals surface area contributed by atoms with Crippen molar-refractivity contribution in [1.82, 2.24) is 9.88 Å². The Bertz CT molecular complexity index is 1340. The zero-order valence-corrected chi connectivity index (χ0v) is 19.3. The molecule has 1 aromatic heterocycles. The summed E-state index contributed by atoms with van der Waals surface area (Å²) >= 11 is 0. The van der Waals surface area contributed by atoms with Crippen molar-refractivity contribution in [2.24, 2.45) is 5.92 Å². The van der Waals surface area contributed by atoms with E-state index in [-0.39, 0.29) is 11.2 Å². The molecule has 5 nitrogen and oxygen atoms in total. The summed E-state index contributed by atoms with van der Waals surface area (Å²) in [7, 11) is 1.92. The van der Waals surface area contributed by atoms with Gasteiger partial charge in [-0.15, -0.1) is 0 Å². The first-order valence-electron chi connectivity index (χ1n) is 12.5. The van der Waals surface area contributed by atoms with Crippen LogP contribution in [-0.2, 0) is 28.6 Å². The van der Waals surface area contributed by atoms with Crippen LogP contribution in [-0.4, -0.2) is 46.8 Å². The van der Waals surface area contributed by atoms with Crippen molar-refractivity contribution >= 4 is 10.9 Å². The lowest BCUT2D eigenvalue weighted by Crippen LogP contribution is -2.78. The minimum atomic E-state index is -0.629. The molecule has 8 rings (SSSR count). The summed E-state index contributed by atoms with van der Waals surface area (Å²) in [5.74, 6) is 1.76. The SMILES string of the molecule is CO[C@@]12Cc3c([nH]c4ccccc34)C3(C)Oc4c(O)ccc5c4[C@@]31CCN(CC1CC1)[C@@H]2C5. The van der Waals surface area contributed by atoms with Crippen LogP contribution in [0.1, 0.15) is 48.6 Å². The van der Waals surface area contributed by atoms with E-state index in [4.69, 9.17) is 9.47 Å². The fourth-order valence-electron chi connectivity index (χ4n) is 8.44. The number of fused-ring (bicyclic) bond motifs is 4. The van der Waals surface area contributed by atoms with Gasteiger partial charge < -0.3 is 19.6 Å². The van der Waals surface area contributed by atoms with E-state index >= 15 is 0 Å². The molecule has 3 heterocycles. The highest BCUT2D eigenvalue weighted by Gasteiger charge is 2.78. The average molecular weight is 443 g/mol. The lowest BCUT2D eigenvalue weighted by molar-refractivity contribution is -0.214. The second-order valence-electron chi connectivity index (χ2n) is 11.2. The number of phenolic OH excluding ortho intramolecular Hbond substituents is 1. The van der Waals surface area contributed by atoms with Crippen LogP contribution in [0.2, 0.25) is 0 Å². The average Bonchev–Trinajstić information content (AvgIpc) is 3.49. The number of hydrogen-bond donors (Lipinski definition) is 2. The zero-order valence-electron chi connectivity index (χ0n) is 19.3. The summed E-state index contributed by atoms with van der Waals surface area (Å²) in [4.78, 5) is 6.50. The first-order valence-corrected chi connectivity index (χ1v) is 12.5. The number of rotatable bonds is 3. The minimum Gasteiger partial charge on any atom is -0.504 e. The number of nitrogens with one attached hydrogen (secondary N) is 1. The van der Waals surface area contributed by atoms with Crippen molar-refractivity contribution in [2.75, 3.05) is 20.2 Å². The largest absolute Gasteiger partial charge is 0.504 e. The Balaban J connectivity index is 1.47. The summed E-state index contributed by atoms with van der Waals surface area (Å²) in [5.41, 5.74) is 4.79. The molecule has 2 fully saturated rings. The molecule has 2 N–H and O–H groups in total. The van der Waals surface area contributed by atoms with Crippen LogP contribution in [0, 0.1) is 5.92 Å². The number of aromatic nitrogens is 1. The van der Waals surface area contributed by atoms with Gasteiger partial charge in [-0.05, 0) is 68.3 Å². The summed E-state index contributed by atoms with van der Waals surface area (Å²) < 4.78 is 13.7. The van der Waals surface area contributed by atoms with Gasteiger partial charge in [0.25, 0.3) is 0 Å². The number of phenols is 1. The molecule has 3 aromatic rings. The fraction of sp³-hybridized carbons (Fsp3) is 0.500. The number of aromatic hydroxyl groups is 1. The van der Waals surface area contributed by atoms with Gasteiger partial charge >= 0.3 is 0 Å². The van der Waals surface area contributed by atoms with E-state index in [1.54, 1.807) is 0 Å². The number of aromatic amines is 1. The number of nitrogens with zero attached hydrogens (tertiary/aromatic N) is 1. The van der Waals surface area contributed by atoms with Gasteiger partial charge in [0.05, 0.1) is 11.1 Å². The van der Waals surface area contributed by atoms with Crippen molar-refractivity contribution in [3.8, 4) is 11.5 Å². The van der Waals surface area contributed by atoms with Crippen LogP contribution in [0.3, 0.4) is 0 Å². The Morgan fingerprint density at radius 3 is 2.88 bits per heavy atom. The molecule has 4 atom stereocenters. The molecule has 3 aliphatic carbocycles. The zero-order chi connectivity index (χ0) is 22.2. The van der Waals surface area contributed by atoms with Crippen molar-refractivity contribution in [3.05, 3.63) is 58.8 Å². The lowest BCUT2D eigenvalue weighted by atomic mass is 9.45. The molecule has 33 heavy (non-hydrogen) atoms. The lowest BCUT2D eigenvalue weighted by Gasteiger charge is -2.66. The first-order chi connectivity index (χ1) is 16.0. The number of H-pyrrole nitrogens is 1. The van der Waals surface area contributed by atoms with Gasteiger partial charge in [0, 0.05) is 42.6 Å². The van der Waals surface area contributed by atoms with Gasteiger partial charge in [-0.25, -0.2) is 0 Å². The Morgan fingerprint density at radius 1 is 1.21 bits per heavy atom. The Hall–Kier alpha value is -2.50. The predicted molar refractivity (Wildman–Crippen MR) is 126 cm³/mol. The highest BCUT2D eigenvalue weighted by Crippen LogP contribution is 2.72. The number of benzene rings is 2. The Morgan fingerprint density at radius 2 is 2.06 bits per heavy atom. The normalized spacial score (nSPS) is 35.9. The molecule has 2 aliphatic heterocycles. The highest BCUT2D eigenvalue weighted by molar-refractivity contribution is 5.86. The van der Waals surface area contributed by atoms with Gasteiger partial charge in [0.2, 0.25) is 0 Å². The molecular weight excluding hydrogens is 412 g/mol. The van der Waals surface area contributed by atoms with Crippen LogP contribution in [0.15, 0.2) is 36.4 Å². The molecule has 5 aliphatic rings. The predicted octanol–water partition coefficient (Wildman–Crippen LogP) is 4.40. The molecule has 2 bridgehead atoms. The number of piperidine rings is 1. The van der Waals surface area contributed by atoms with E-state index in [1.165, 1.54) is 41.5 Å². The minimum absolute atomic E-state index is 0.250. The number of ether oxygens (including phenoxy) is 2. The molecule has 5 heteroatoms. The molecular formula is C28H30N2O3. The van der Waals surface area contributed by atoms with E-state index in [9.17, 15) is 5.11 Å². The number of likely N-dealkylation sites (tertiary alicyclic amines) is 1. The van der Waals surface area contributed by atoms with Gasteiger partial charge in [-0.1, -0.05) is 24.3 Å². The topological polar surface area (TPSA) is 57.7 Å². The second kappa shape index (κ2) is 5.76. The third-order valence-corrected chi connectivity index (χ3v) is 9.94. The van der Waals surface area contributed by atoms with E-state index in [0.29, 0.717) is 11.8 Å². The third kappa shape index (κ3) is 1.93. The second-order valence-corrected chi connectivity index (χ2v) is 11.2. The van der Waals surface area contributed by atoms with Gasteiger partial charge in [0.15, 0.2) is 17.1 Å².